The number of hydrogen-bond acceptors (Lipinski definition) is 1. The van der Waals surface area contributed by atoms with Crippen LogP contribution in [-0.2, 0) is 0 Å². The Morgan fingerprint density at radius 3 is 2.09 bits per heavy atom. The van der Waals surface area contributed by atoms with Gasteiger partial charge in [-0.3, -0.25) is 0 Å². The molecule has 1 rings (SSSR count). The zero-order valence-electron chi connectivity index (χ0n) is 8.14. The van der Waals surface area contributed by atoms with Crippen LogP contribution in [0.3, 0.4) is 0 Å². The minimum Gasteiger partial charge on any atom is -0.300 e. The van der Waals surface area contributed by atoms with E-state index >= 15 is 0 Å². The van der Waals surface area contributed by atoms with Crippen LogP contribution in [0.5, 0.6) is 0 Å². The van der Waals surface area contributed by atoms with E-state index in [1.807, 2.05) is 0 Å². The highest BCUT2D eigenvalue weighted by atomic mass is 15.2. The molecule has 1 fully saturated rings. The van der Waals surface area contributed by atoms with E-state index in [-0.39, 0.29) is 0 Å². The quantitative estimate of drug-likeness (QED) is 0.605. The van der Waals surface area contributed by atoms with Gasteiger partial charge in [0.05, 0.1) is 0 Å². The minimum absolute atomic E-state index is 0.832. The van der Waals surface area contributed by atoms with Crippen LogP contribution in [0.15, 0.2) is 0 Å². The van der Waals surface area contributed by atoms with Crippen LogP contribution in [0, 0.1) is 5.92 Å². The van der Waals surface area contributed by atoms with E-state index in [2.05, 4.69) is 25.7 Å². The van der Waals surface area contributed by atoms with E-state index in [4.69, 9.17) is 0 Å². The van der Waals surface area contributed by atoms with Crippen LogP contribution >= 0.6 is 0 Å². The van der Waals surface area contributed by atoms with Gasteiger partial charge in [0.2, 0.25) is 0 Å². The Morgan fingerprint density at radius 2 is 1.73 bits per heavy atom. The lowest BCUT2D eigenvalue weighted by molar-refractivity contribution is 0.186. The minimum atomic E-state index is 0.832. The van der Waals surface area contributed by atoms with Crippen molar-refractivity contribution in [3.05, 3.63) is 0 Å². The van der Waals surface area contributed by atoms with Crippen molar-refractivity contribution in [3.8, 4) is 0 Å². The molecule has 0 aromatic rings. The fraction of sp³-hybridized carbons (Fsp3) is 1.00. The molecule has 1 saturated heterocycles. The predicted octanol–water partition coefficient (Wildman–Crippen LogP) is 2.52. The van der Waals surface area contributed by atoms with Gasteiger partial charge in [-0.25, -0.2) is 0 Å². The Bertz CT molecular complexity index is 103. The fourth-order valence-electron chi connectivity index (χ4n) is 2.22. The van der Waals surface area contributed by atoms with Crippen LogP contribution in [0.2, 0.25) is 0 Å². The molecule has 0 saturated carbocycles. The molecule has 0 N–H and O–H groups in total. The Morgan fingerprint density at radius 1 is 1.18 bits per heavy atom. The average Bonchev–Trinajstić information content (AvgIpc) is 2.40. The summed E-state index contributed by atoms with van der Waals surface area (Å²) in [4.78, 5) is 2.66. The molecule has 0 spiro atoms. The van der Waals surface area contributed by atoms with Gasteiger partial charge in [-0.15, -0.1) is 0 Å². The summed E-state index contributed by atoms with van der Waals surface area (Å²) in [5.74, 6) is 0.832. The third kappa shape index (κ3) is 2.19. The average molecular weight is 155 g/mol. The summed E-state index contributed by atoms with van der Waals surface area (Å²) >= 11 is 0. The molecule has 0 aromatic carbocycles. The summed E-state index contributed by atoms with van der Waals surface area (Å²) < 4.78 is 0. The molecule has 1 aliphatic heterocycles. The lowest BCUT2D eigenvalue weighted by atomic mass is 10.0. The highest BCUT2D eigenvalue weighted by Gasteiger charge is 2.22. The van der Waals surface area contributed by atoms with Gasteiger partial charge in [0.1, 0.15) is 0 Å². The van der Waals surface area contributed by atoms with Gasteiger partial charge in [-0.2, -0.15) is 0 Å². The van der Waals surface area contributed by atoms with Gasteiger partial charge in [-0.1, -0.05) is 20.8 Å². The summed E-state index contributed by atoms with van der Waals surface area (Å²) in [5.41, 5.74) is 0. The molecular weight excluding hydrogens is 134 g/mol. The smallest absolute Gasteiger partial charge is 0.0116 e. The molecule has 0 aromatic heterocycles. The first-order valence-corrected chi connectivity index (χ1v) is 4.99. The summed E-state index contributed by atoms with van der Waals surface area (Å²) in [5, 5.41) is 0. The molecule has 1 aliphatic rings. The molecule has 0 aliphatic carbocycles. The van der Waals surface area contributed by atoms with E-state index in [0.29, 0.717) is 0 Å². The molecule has 1 unspecified atom stereocenters. The van der Waals surface area contributed by atoms with Crippen molar-refractivity contribution in [2.24, 2.45) is 5.92 Å². The van der Waals surface area contributed by atoms with Crippen molar-refractivity contribution >= 4 is 0 Å². The Labute approximate surface area is 70.8 Å². The van der Waals surface area contributed by atoms with Gasteiger partial charge in [0, 0.05) is 6.04 Å². The summed E-state index contributed by atoms with van der Waals surface area (Å²) in [7, 11) is 0. The number of likely N-dealkylation sites (tertiary alicyclic amines) is 1. The van der Waals surface area contributed by atoms with Gasteiger partial charge < -0.3 is 4.90 Å². The van der Waals surface area contributed by atoms with Gasteiger partial charge in [0.15, 0.2) is 0 Å². The van der Waals surface area contributed by atoms with Gasteiger partial charge >= 0.3 is 0 Å². The van der Waals surface area contributed by atoms with Crippen LogP contribution in [0.25, 0.3) is 0 Å². The highest BCUT2D eigenvalue weighted by molar-refractivity contribution is 4.77. The van der Waals surface area contributed by atoms with Gasteiger partial charge in [-0.05, 0) is 38.3 Å². The number of rotatable bonds is 3. The largest absolute Gasteiger partial charge is 0.300 e. The van der Waals surface area contributed by atoms with Crippen molar-refractivity contribution < 1.29 is 0 Å². The molecule has 0 radical (unpaired) electrons. The zero-order chi connectivity index (χ0) is 8.27. The first kappa shape index (κ1) is 9.05. The van der Waals surface area contributed by atoms with Crippen molar-refractivity contribution in [2.75, 3.05) is 13.1 Å². The van der Waals surface area contributed by atoms with E-state index in [1.165, 1.54) is 32.4 Å². The van der Waals surface area contributed by atoms with E-state index in [0.717, 1.165) is 12.0 Å². The maximum absolute atomic E-state index is 2.66. The molecule has 66 valence electrons. The highest BCUT2D eigenvalue weighted by Crippen LogP contribution is 2.19. The van der Waals surface area contributed by atoms with Crippen LogP contribution in [-0.4, -0.2) is 24.0 Å². The lowest BCUT2D eigenvalue weighted by Gasteiger charge is -2.29. The monoisotopic (exact) mass is 155 g/mol. The van der Waals surface area contributed by atoms with E-state index in [1.54, 1.807) is 0 Å². The molecule has 0 amide bonds. The van der Waals surface area contributed by atoms with E-state index < -0.39 is 0 Å². The Balaban J connectivity index is 2.40. The number of nitrogens with zero attached hydrogens (tertiary/aromatic N) is 1. The molecule has 1 atom stereocenters. The normalized spacial score (nSPS) is 22.9. The van der Waals surface area contributed by atoms with Gasteiger partial charge in [0.25, 0.3) is 0 Å². The molecule has 11 heavy (non-hydrogen) atoms. The maximum Gasteiger partial charge on any atom is 0.0116 e. The topological polar surface area (TPSA) is 3.24 Å². The second-order valence-electron chi connectivity index (χ2n) is 3.96. The Kier molecular flexibility index (Phi) is 3.38. The van der Waals surface area contributed by atoms with Crippen molar-refractivity contribution in [1.29, 1.82) is 0 Å². The van der Waals surface area contributed by atoms with E-state index in [9.17, 15) is 0 Å². The van der Waals surface area contributed by atoms with Crippen LogP contribution in [0.1, 0.15) is 40.0 Å². The first-order chi connectivity index (χ1) is 5.25. The van der Waals surface area contributed by atoms with Crippen molar-refractivity contribution in [1.82, 2.24) is 4.90 Å². The molecular formula is C10H21N. The van der Waals surface area contributed by atoms with Crippen molar-refractivity contribution in [3.63, 3.8) is 0 Å². The first-order valence-electron chi connectivity index (χ1n) is 4.99. The second kappa shape index (κ2) is 4.10. The summed E-state index contributed by atoms with van der Waals surface area (Å²) in [6.45, 7) is 9.68. The summed E-state index contributed by atoms with van der Waals surface area (Å²) in [6.07, 6.45) is 4.16. The fourth-order valence-corrected chi connectivity index (χ4v) is 2.22. The van der Waals surface area contributed by atoms with Crippen LogP contribution in [0.4, 0.5) is 0 Å². The molecule has 0 bridgehead atoms. The van der Waals surface area contributed by atoms with Crippen LogP contribution < -0.4 is 0 Å². The molecule has 1 heteroatoms. The van der Waals surface area contributed by atoms with Crippen molar-refractivity contribution in [2.45, 2.75) is 46.1 Å². The standard InChI is InChI=1S/C10H21N/c1-4-10(9(2)3)11-7-5-6-8-11/h9-10H,4-8H2,1-3H3. The Hall–Kier alpha value is -0.0400. The third-order valence-electron chi connectivity index (χ3n) is 2.80. The predicted molar refractivity (Wildman–Crippen MR) is 49.7 cm³/mol. The lowest BCUT2D eigenvalue weighted by Crippen LogP contribution is -2.36. The molecule has 1 heterocycles. The second-order valence-corrected chi connectivity index (χ2v) is 3.96. The summed E-state index contributed by atoms with van der Waals surface area (Å²) in [6, 6.07) is 0.845. The molecule has 1 nitrogen and oxygen atoms in total. The zero-order valence-corrected chi connectivity index (χ0v) is 8.14. The maximum atomic E-state index is 2.66. The SMILES string of the molecule is CCC(C(C)C)N1CCCC1. The number of hydrogen-bond donors (Lipinski definition) is 0. The third-order valence-corrected chi connectivity index (χ3v) is 2.80.